The van der Waals surface area contributed by atoms with Crippen LogP contribution in [0.15, 0.2) is 24.3 Å². The molecule has 0 atom stereocenters. The van der Waals surface area contributed by atoms with Gasteiger partial charge in [-0.15, -0.1) is 12.4 Å². The summed E-state index contributed by atoms with van der Waals surface area (Å²) in [6, 6.07) is 8.49. The quantitative estimate of drug-likeness (QED) is 0.770. The Morgan fingerprint density at radius 2 is 2.00 bits per heavy atom. The van der Waals surface area contributed by atoms with Gasteiger partial charge in [-0.2, -0.15) is 0 Å². The van der Waals surface area contributed by atoms with Crippen molar-refractivity contribution in [2.45, 2.75) is 24.8 Å². The summed E-state index contributed by atoms with van der Waals surface area (Å²) in [5.41, 5.74) is 7.05. The zero-order chi connectivity index (χ0) is 8.55. The molecule has 2 N–H and O–H groups in total. The topological polar surface area (TPSA) is 26.0 Å². The Morgan fingerprint density at radius 3 is 2.54 bits per heavy atom. The Kier molecular flexibility index (Phi) is 3.60. The van der Waals surface area contributed by atoms with Crippen LogP contribution in [-0.2, 0) is 0 Å². The maximum absolute atomic E-state index is 5.88. The zero-order valence-corrected chi connectivity index (χ0v) is 8.81. The molecule has 1 aliphatic carbocycles. The van der Waals surface area contributed by atoms with E-state index in [2.05, 4.69) is 6.07 Å². The van der Waals surface area contributed by atoms with Crippen LogP contribution in [0.5, 0.6) is 0 Å². The fourth-order valence-corrected chi connectivity index (χ4v) is 1.89. The summed E-state index contributed by atoms with van der Waals surface area (Å²) >= 11 is 5.88. The molecule has 1 aromatic carbocycles. The highest BCUT2D eigenvalue weighted by molar-refractivity contribution is 6.30. The molecule has 0 unspecified atom stereocenters. The van der Waals surface area contributed by atoms with Gasteiger partial charge < -0.3 is 5.73 Å². The molecule has 1 saturated carbocycles. The molecule has 1 fully saturated rings. The van der Waals surface area contributed by atoms with E-state index >= 15 is 0 Å². The number of hydrogen-bond acceptors (Lipinski definition) is 1. The van der Waals surface area contributed by atoms with Gasteiger partial charge in [-0.05, 0) is 36.5 Å². The van der Waals surface area contributed by atoms with Gasteiger partial charge in [0.25, 0.3) is 0 Å². The third-order valence-electron chi connectivity index (χ3n) is 2.49. The smallest absolute Gasteiger partial charge is 0.0408 e. The lowest BCUT2D eigenvalue weighted by Crippen LogP contribution is -2.34. The van der Waals surface area contributed by atoms with Crippen molar-refractivity contribution in [3.8, 4) is 0 Å². The number of hydrogen-bond donors (Lipinski definition) is 1. The lowest BCUT2D eigenvalue weighted by Gasteiger charge is -2.32. The predicted molar refractivity (Wildman–Crippen MR) is 58.7 cm³/mol. The second-order valence-corrected chi connectivity index (χ2v) is 3.92. The van der Waals surface area contributed by atoms with Crippen LogP contribution in [0.3, 0.4) is 0 Å². The minimum atomic E-state index is 0. The van der Waals surface area contributed by atoms with Gasteiger partial charge in [0.1, 0.15) is 0 Å². The van der Waals surface area contributed by atoms with E-state index in [4.69, 9.17) is 17.3 Å². The van der Waals surface area contributed by atoms with E-state index in [0.29, 0.717) is 12.0 Å². The predicted octanol–water partition coefficient (Wildman–Crippen LogP) is 2.97. The van der Waals surface area contributed by atoms with E-state index in [0.717, 1.165) is 17.9 Å². The van der Waals surface area contributed by atoms with Gasteiger partial charge in [-0.3, -0.25) is 0 Å². The number of nitrogens with two attached hydrogens (primary N) is 1. The first kappa shape index (κ1) is 10.8. The summed E-state index contributed by atoms with van der Waals surface area (Å²) < 4.78 is 0. The highest BCUT2D eigenvalue weighted by atomic mass is 35.5. The zero-order valence-electron chi connectivity index (χ0n) is 7.24. The molecule has 1 aliphatic rings. The minimum absolute atomic E-state index is 0. The van der Waals surface area contributed by atoms with E-state index in [1.54, 1.807) is 0 Å². The second kappa shape index (κ2) is 4.32. The SMILES string of the molecule is Cl.N[C@H]1C[C@@H](c2cccc(Cl)c2)C1. The molecule has 3 heteroatoms. The molecule has 0 aromatic heterocycles. The van der Waals surface area contributed by atoms with Crippen LogP contribution in [0.4, 0.5) is 0 Å². The van der Waals surface area contributed by atoms with E-state index in [1.165, 1.54) is 5.56 Å². The van der Waals surface area contributed by atoms with Gasteiger partial charge in [0.15, 0.2) is 0 Å². The molecule has 0 aliphatic heterocycles. The van der Waals surface area contributed by atoms with Gasteiger partial charge >= 0.3 is 0 Å². The Balaban J connectivity index is 0.000000845. The molecule has 0 heterocycles. The highest BCUT2D eigenvalue weighted by Crippen LogP contribution is 2.36. The van der Waals surface area contributed by atoms with Gasteiger partial charge in [0.2, 0.25) is 0 Å². The molecular formula is C10H13Cl2N. The molecular weight excluding hydrogens is 205 g/mol. The van der Waals surface area contributed by atoms with Crippen LogP contribution >= 0.6 is 24.0 Å². The lowest BCUT2D eigenvalue weighted by molar-refractivity contribution is 0.351. The van der Waals surface area contributed by atoms with E-state index < -0.39 is 0 Å². The summed E-state index contributed by atoms with van der Waals surface area (Å²) in [7, 11) is 0. The van der Waals surface area contributed by atoms with Crippen molar-refractivity contribution in [1.29, 1.82) is 0 Å². The van der Waals surface area contributed by atoms with Crippen LogP contribution in [0, 0.1) is 0 Å². The van der Waals surface area contributed by atoms with Crippen LogP contribution in [0.1, 0.15) is 24.3 Å². The molecule has 0 radical (unpaired) electrons. The number of halogens is 2. The van der Waals surface area contributed by atoms with E-state index in [-0.39, 0.29) is 12.4 Å². The molecule has 0 amide bonds. The largest absolute Gasteiger partial charge is 0.328 e. The third kappa shape index (κ3) is 2.37. The van der Waals surface area contributed by atoms with E-state index in [9.17, 15) is 0 Å². The second-order valence-electron chi connectivity index (χ2n) is 3.48. The van der Waals surface area contributed by atoms with Crippen molar-refractivity contribution < 1.29 is 0 Å². The molecule has 2 rings (SSSR count). The average Bonchev–Trinajstić information content (AvgIpc) is 1.99. The standard InChI is InChI=1S/C10H12ClN.ClH/c11-9-3-1-2-7(4-9)8-5-10(12)6-8;/h1-4,8,10H,5-6,12H2;1H/t8-,10+;. The molecule has 1 aromatic rings. The van der Waals surface area contributed by atoms with Gasteiger partial charge in [-0.25, -0.2) is 0 Å². The van der Waals surface area contributed by atoms with Crippen LogP contribution in [-0.4, -0.2) is 6.04 Å². The fraction of sp³-hybridized carbons (Fsp3) is 0.400. The van der Waals surface area contributed by atoms with Crippen LogP contribution < -0.4 is 5.73 Å². The Morgan fingerprint density at radius 1 is 1.31 bits per heavy atom. The summed E-state index contributed by atoms with van der Waals surface area (Å²) in [5, 5.41) is 0.827. The fourth-order valence-electron chi connectivity index (χ4n) is 1.69. The summed E-state index contributed by atoms with van der Waals surface area (Å²) in [4.78, 5) is 0. The van der Waals surface area contributed by atoms with E-state index in [1.807, 2.05) is 18.2 Å². The third-order valence-corrected chi connectivity index (χ3v) is 2.73. The first-order valence-electron chi connectivity index (χ1n) is 4.27. The van der Waals surface area contributed by atoms with Gasteiger partial charge in [0, 0.05) is 11.1 Å². The molecule has 0 spiro atoms. The van der Waals surface area contributed by atoms with Crippen molar-refractivity contribution in [3.05, 3.63) is 34.9 Å². The molecule has 13 heavy (non-hydrogen) atoms. The average molecular weight is 218 g/mol. The molecule has 0 bridgehead atoms. The van der Waals surface area contributed by atoms with Crippen LogP contribution in [0.25, 0.3) is 0 Å². The molecule has 0 saturated heterocycles. The van der Waals surface area contributed by atoms with Crippen LogP contribution in [0.2, 0.25) is 5.02 Å². The van der Waals surface area contributed by atoms with Gasteiger partial charge in [-0.1, -0.05) is 23.7 Å². The lowest BCUT2D eigenvalue weighted by atomic mass is 9.76. The van der Waals surface area contributed by atoms with Crippen molar-refractivity contribution in [1.82, 2.24) is 0 Å². The monoisotopic (exact) mass is 217 g/mol. The maximum atomic E-state index is 5.88. The van der Waals surface area contributed by atoms with Crippen molar-refractivity contribution >= 4 is 24.0 Å². The van der Waals surface area contributed by atoms with Crippen molar-refractivity contribution in [3.63, 3.8) is 0 Å². The van der Waals surface area contributed by atoms with Crippen molar-refractivity contribution in [2.24, 2.45) is 5.73 Å². The van der Waals surface area contributed by atoms with Gasteiger partial charge in [0.05, 0.1) is 0 Å². The molecule has 1 nitrogen and oxygen atoms in total. The number of benzene rings is 1. The minimum Gasteiger partial charge on any atom is -0.328 e. The summed E-state index contributed by atoms with van der Waals surface area (Å²) in [6.07, 6.45) is 2.22. The number of rotatable bonds is 1. The Hall–Kier alpha value is -0.240. The molecule has 72 valence electrons. The highest BCUT2D eigenvalue weighted by Gasteiger charge is 2.26. The first-order chi connectivity index (χ1) is 5.75. The maximum Gasteiger partial charge on any atom is 0.0408 e. The first-order valence-corrected chi connectivity index (χ1v) is 4.64. The van der Waals surface area contributed by atoms with Crippen molar-refractivity contribution in [2.75, 3.05) is 0 Å². The summed E-state index contributed by atoms with van der Waals surface area (Å²) in [5.74, 6) is 0.652. The summed E-state index contributed by atoms with van der Waals surface area (Å²) in [6.45, 7) is 0. The normalized spacial score (nSPS) is 26.0. The Bertz CT molecular complexity index is 282. The Labute approximate surface area is 89.7 Å².